The Kier molecular flexibility index (Phi) is 5.17. The van der Waals surface area contributed by atoms with E-state index in [1.807, 2.05) is 30.0 Å². The third-order valence-corrected chi connectivity index (χ3v) is 5.51. The van der Waals surface area contributed by atoms with Gasteiger partial charge in [-0.2, -0.15) is 0 Å². The molecule has 1 fully saturated rings. The van der Waals surface area contributed by atoms with Crippen LogP contribution in [0.2, 0.25) is 5.02 Å². The Labute approximate surface area is 164 Å². The van der Waals surface area contributed by atoms with Gasteiger partial charge in [-0.15, -0.1) is 0 Å². The third kappa shape index (κ3) is 4.01. The van der Waals surface area contributed by atoms with Gasteiger partial charge in [-0.25, -0.2) is 4.98 Å². The zero-order valence-electron chi connectivity index (χ0n) is 15.5. The number of rotatable bonds is 4. The highest BCUT2D eigenvalue weighted by atomic mass is 35.5. The Morgan fingerprint density at radius 1 is 1.15 bits per heavy atom. The Morgan fingerprint density at radius 2 is 1.89 bits per heavy atom. The molecule has 5 heteroatoms. The van der Waals surface area contributed by atoms with E-state index in [4.69, 9.17) is 16.0 Å². The maximum Gasteiger partial charge on any atom is 0.254 e. The summed E-state index contributed by atoms with van der Waals surface area (Å²) in [5.74, 6) is 0.598. The second-order valence-electron chi connectivity index (χ2n) is 7.31. The summed E-state index contributed by atoms with van der Waals surface area (Å²) in [6, 6.07) is 13.3. The van der Waals surface area contributed by atoms with Crippen LogP contribution in [0, 0.1) is 6.92 Å². The molecule has 2 aromatic carbocycles. The predicted molar refractivity (Wildman–Crippen MR) is 107 cm³/mol. The van der Waals surface area contributed by atoms with E-state index < -0.39 is 0 Å². The molecule has 1 aliphatic carbocycles. The first-order chi connectivity index (χ1) is 13.1. The Bertz CT molecular complexity index is 943. The summed E-state index contributed by atoms with van der Waals surface area (Å²) in [4.78, 5) is 19.8. The van der Waals surface area contributed by atoms with Crippen LogP contribution in [0.15, 0.2) is 46.9 Å². The van der Waals surface area contributed by atoms with Gasteiger partial charge in [-0.05, 0) is 61.7 Å². The fraction of sp³-hybridized carbons (Fsp3) is 0.364. The van der Waals surface area contributed by atoms with E-state index in [9.17, 15) is 4.79 Å². The van der Waals surface area contributed by atoms with Gasteiger partial charge in [0.15, 0.2) is 5.58 Å². The van der Waals surface area contributed by atoms with Gasteiger partial charge >= 0.3 is 0 Å². The summed E-state index contributed by atoms with van der Waals surface area (Å²) < 4.78 is 5.92. The van der Waals surface area contributed by atoms with Crippen LogP contribution in [0.1, 0.15) is 53.9 Å². The molecule has 0 aliphatic heterocycles. The van der Waals surface area contributed by atoms with Gasteiger partial charge < -0.3 is 9.32 Å². The van der Waals surface area contributed by atoms with Crippen molar-refractivity contribution < 1.29 is 9.21 Å². The highest BCUT2D eigenvalue weighted by Crippen LogP contribution is 2.27. The average Bonchev–Trinajstić information content (AvgIpc) is 3.08. The Balaban J connectivity index is 1.63. The van der Waals surface area contributed by atoms with Crippen LogP contribution in [0.4, 0.5) is 0 Å². The molecule has 3 aromatic rings. The number of nitrogens with zero attached hydrogens (tertiary/aromatic N) is 2. The van der Waals surface area contributed by atoms with Crippen LogP contribution < -0.4 is 0 Å². The number of aryl methyl sites for hydroxylation is 1. The van der Waals surface area contributed by atoms with Crippen LogP contribution >= 0.6 is 11.6 Å². The highest BCUT2D eigenvalue weighted by molar-refractivity contribution is 6.30. The molecule has 4 rings (SSSR count). The Hall–Kier alpha value is -2.33. The normalized spacial score (nSPS) is 15.2. The fourth-order valence-electron chi connectivity index (χ4n) is 3.82. The molecule has 0 unspecified atom stereocenters. The second-order valence-corrected chi connectivity index (χ2v) is 7.75. The summed E-state index contributed by atoms with van der Waals surface area (Å²) in [5.41, 5.74) is 3.39. The van der Waals surface area contributed by atoms with Crippen LogP contribution in [0.5, 0.6) is 0 Å². The lowest BCUT2D eigenvalue weighted by atomic mass is 9.93. The standard InChI is InChI=1S/C22H23ClN2O2/c1-15-7-12-20-19(13-15)24-21(27-20)14-25(18-5-3-2-4-6-18)22(26)16-8-10-17(23)11-9-16/h7-13,18H,2-6,14H2,1H3. The van der Waals surface area contributed by atoms with Crippen LogP contribution in [0.3, 0.4) is 0 Å². The van der Waals surface area contributed by atoms with Crippen molar-refractivity contribution in [1.29, 1.82) is 0 Å². The summed E-state index contributed by atoms with van der Waals surface area (Å²) >= 11 is 5.98. The molecule has 4 nitrogen and oxygen atoms in total. The molecule has 1 saturated carbocycles. The minimum absolute atomic E-state index is 0.0111. The molecular weight excluding hydrogens is 360 g/mol. The number of oxazole rings is 1. The molecule has 0 bridgehead atoms. The van der Waals surface area contributed by atoms with E-state index in [2.05, 4.69) is 4.98 Å². The quantitative estimate of drug-likeness (QED) is 0.575. The number of amides is 1. The van der Waals surface area contributed by atoms with E-state index in [0.29, 0.717) is 23.0 Å². The van der Waals surface area contributed by atoms with Gasteiger partial charge in [-0.3, -0.25) is 4.79 Å². The lowest BCUT2D eigenvalue weighted by Gasteiger charge is -2.33. The molecule has 27 heavy (non-hydrogen) atoms. The molecule has 140 valence electrons. The number of aromatic nitrogens is 1. The summed E-state index contributed by atoms with van der Waals surface area (Å²) in [6.07, 6.45) is 5.60. The molecule has 0 radical (unpaired) electrons. The molecule has 0 N–H and O–H groups in total. The minimum atomic E-state index is 0.0111. The van der Waals surface area contributed by atoms with Gasteiger partial charge in [-0.1, -0.05) is 36.9 Å². The molecule has 1 aromatic heterocycles. The number of carbonyl (C=O) groups is 1. The van der Waals surface area contributed by atoms with E-state index in [1.54, 1.807) is 24.3 Å². The number of halogens is 1. The first-order valence-electron chi connectivity index (χ1n) is 9.53. The van der Waals surface area contributed by atoms with E-state index in [0.717, 1.165) is 42.3 Å². The molecule has 0 saturated heterocycles. The van der Waals surface area contributed by atoms with E-state index in [1.165, 1.54) is 6.42 Å². The molecule has 0 spiro atoms. The van der Waals surface area contributed by atoms with Crippen molar-refractivity contribution in [3.8, 4) is 0 Å². The van der Waals surface area contributed by atoms with E-state index >= 15 is 0 Å². The molecule has 0 atom stereocenters. The van der Waals surface area contributed by atoms with Crippen molar-refractivity contribution in [3.63, 3.8) is 0 Å². The second kappa shape index (κ2) is 7.73. The smallest absolute Gasteiger partial charge is 0.254 e. The summed E-state index contributed by atoms with van der Waals surface area (Å²) in [5, 5.41) is 0.630. The van der Waals surface area contributed by atoms with Crippen molar-refractivity contribution in [2.75, 3.05) is 0 Å². The molecular formula is C22H23ClN2O2. The van der Waals surface area contributed by atoms with Gasteiger partial charge in [0.2, 0.25) is 5.89 Å². The predicted octanol–water partition coefficient (Wildman–Crippen LogP) is 5.76. The van der Waals surface area contributed by atoms with E-state index in [-0.39, 0.29) is 11.9 Å². The average molecular weight is 383 g/mol. The third-order valence-electron chi connectivity index (χ3n) is 5.26. The lowest BCUT2D eigenvalue weighted by Crippen LogP contribution is -2.41. The van der Waals surface area contributed by atoms with Gasteiger partial charge in [0.05, 0.1) is 6.54 Å². The van der Waals surface area contributed by atoms with Crippen molar-refractivity contribution in [2.45, 2.75) is 51.6 Å². The fourth-order valence-corrected chi connectivity index (χ4v) is 3.94. The Morgan fingerprint density at radius 3 is 2.63 bits per heavy atom. The topological polar surface area (TPSA) is 46.3 Å². The van der Waals surface area contributed by atoms with Gasteiger partial charge in [0.25, 0.3) is 5.91 Å². The molecule has 1 heterocycles. The van der Waals surface area contributed by atoms with Crippen molar-refractivity contribution in [2.24, 2.45) is 0 Å². The number of carbonyl (C=O) groups excluding carboxylic acids is 1. The van der Waals surface area contributed by atoms with Crippen LogP contribution in [0.25, 0.3) is 11.1 Å². The lowest BCUT2D eigenvalue weighted by molar-refractivity contribution is 0.0593. The summed E-state index contributed by atoms with van der Waals surface area (Å²) in [6.45, 7) is 2.42. The zero-order valence-corrected chi connectivity index (χ0v) is 16.2. The number of benzene rings is 2. The number of hydrogen-bond donors (Lipinski definition) is 0. The summed E-state index contributed by atoms with van der Waals surface area (Å²) in [7, 11) is 0. The van der Waals surface area contributed by atoms with Crippen molar-refractivity contribution in [1.82, 2.24) is 9.88 Å². The highest BCUT2D eigenvalue weighted by Gasteiger charge is 2.28. The molecule has 1 amide bonds. The SMILES string of the molecule is Cc1ccc2oc(CN(C(=O)c3ccc(Cl)cc3)C3CCCCC3)nc2c1. The van der Waals surface area contributed by atoms with Gasteiger partial charge in [0, 0.05) is 16.6 Å². The van der Waals surface area contributed by atoms with Gasteiger partial charge in [0.1, 0.15) is 5.52 Å². The van der Waals surface area contributed by atoms with Crippen molar-refractivity contribution in [3.05, 3.63) is 64.5 Å². The maximum atomic E-state index is 13.2. The number of hydrogen-bond acceptors (Lipinski definition) is 3. The first kappa shape index (κ1) is 18.1. The van der Waals surface area contributed by atoms with Crippen LogP contribution in [-0.2, 0) is 6.54 Å². The number of fused-ring (bicyclic) bond motifs is 1. The zero-order chi connectivity index (χ0) is 18.8. The minimum Gasteiger partial charge on any atom is -0.439 e. The van der Waals surface area contributed by atoms with Crippen LogP contribution in [-0.4, -0.2) is 21.8 Å². The first-order valence-corrected chi connectivity index (χ1v) is 9.90. The molecule has 1 aliphatic rings. The van der Waals surface area contributed by atoms with Crippen molar-refractivity contribution >= 4 is 28.6 Å². The maximum absolute atomic E-state index is 13.2. The largest absolute Gasteiger partial charge is 0.439 e. The monoisotopic (exact) mass is 382 g/mol.